The summed E-state index contributed by atoms with van der Waals surface area (Å²) in [6.07, 6.45) is 5.73. The van der Waals surface area contributed by atoms with Gasteiger partial charge in [0.2, 0.25) is 5.89 Å². The summed E-state index contributed by atoms with van der Waals surface area (Å²) in [4.78, 5) is 15.2. The number of aliphatic hydroxyl groups excluding tert-OH is 1. The van der Waals surface area contributed by atoms with Crippen molar-refractivity contribution in [3.8, 4) is 0 Å². The Morgan fingerprint density at radius 1 is 1.42 bits per heavy atom. The molecule has 0 aliphatic heterocycles. The molecule has 1 fully saturated rings. The minimum absolute atomic E-state index is 0.0189. The van der Waals surface area contributed by atoms with E-state index >= 15 is 0 Å². The van der Waals surface area contributed by atoms with E-state index in [0.717, 1.165) is 6.42 Å². The maximum absolute atomic E-state index is 11.8. The van der Waals surface area contributed by atoms with E-state index in [1.807, 2.05) is 0 Å². The first-order chi connectivity index (χ1) is 12.4. The fraction of sp³-hybridized carbons (Fsp3) is 0.800. The molecule has 10 nitrogen and oxygen atoms in total. The van der Waals surface area contributed by atoms with Crippen molar-refractivity contribution in [2.75, 3.05) is 0 Å². The van der Waals surface area contributed by atoms with E-state index < -0.39 is 29.3 Å². The van der Waals surface area contributed by atoms with Crippen LogP contribution in [0.4, 0.5) is 0 Å². The summed E-state index contributed by atoms with van der Waals surface area (Å²) in [7, 11) is 0. The van der Waals surface area contributed by atoms with Gasteiger partial charge in [0.1, 0.15) is 6.04 Å². The SMILES string of the molecule is CC(O)C(NS(=O)NCc1nc(C(N)CC2CCCCC2)no1)C(=O)O. The highest BCUT2D eigenvalue weighted by molar-refractivity contribution is 7.81. The van der Waals surface area contributed by atoms with E-state index in [1.165, 1.54) is 39.0 Å². The topological polar surface area (TPSA) is 164 Å². The maximum Gasteiger partial charge on any atom is 0.324 e. The first kappa shape index (κ1) is 20.9. The summed E-state index contributed by atoms with van der Waals surface area (Å²) in [6.45, 7) is 1.27. The zero-order valence-corrected chi connectivity index (χ0v) is 15.6. The second-order valence-corrected chi connectivity index (χ2v) is 7.72. The number of aliphatic carboxylic acids is 1. The van der Waals surface area contributed by atoms with Crippen molar-refractivity contribution in [2.45, 2.75) is 70.2 Å². The zero-order valence-electron chi connectivity index (χ0n) is 14.8. The lowest BCUT2D eigenvalue weighted by atomic mass is 9.85. The minimum atomic E-state index is -1.90. The lowest BCUT2D eigenvalue weighted by Gasteiger charge is -2.23. The third-order valence-electron chi connectivity index (χ3n) is 4.46. The molecule has 2 rings (SSSR count). The fourth-order valence-corrected chi connectivity index (χ4v) is 3.88. The average molecular weight is 389 g/mol. The largest absolute Gasteiger partial charge is 0.480 e. The highest BCUT2D eigenvalue weighted by Crippen LogP contribution is 2.30. The van der Waals surface area contributed by atoms with Crippen LogP contribution in [-0.2, 0) is 22.5 Å². The number of carboxylic acid groups (broad SMARTS) is 1. The normalized spacial score (nSPS) is 20.4. The van der Waals surface area contributed by atoms with Gasteiger partial charge in [-0.25, -0.2) is 13.7 Å². The lowest BCUT2D eigenvalue weighted by Crippen LogP contribution is -2.48. The van der Waals surface area contributed by atoms with Crippen LogP contribution in [0.2, 0.25) is 0 Å². The van der Waals surface area contributed by atoms with Gasteiger partial charge in [0, 0.05) is 0 Å². The van der Waals surface area contributed by atoms with Crippen LogP contribution in [0.15, 0.2) is 4.52 Å². The Balaban J connectivity index is 1.80. The van der Waals surface area contributed by atoms with Gasteiger partial charge in [0.25, 0.3) is 0 Å². The minimum Gasteiger partial charge on any atom is -0.480 e. The van der Waals surface area contributed by atoms with Gasteiger partial charge in [-0.1, -0.05) is 37.3 Å². The van der Waals surface area contributed by atoms with Crippen LogP contribution in [0.1, 0.15) is 63.2 Å². The summed E-state index contributed by atoms with van der Waals surface area (Å²) >= 11 is -1.90. The standard InChI is InChI=1S/C15H27N5O5S/c1-9(21)13(15(22)23)20-26(24)17-8-12-18-14(19-25-12)11(16)7-10-5-3-2-4-6-10/h9-11,13,17,20-21H,2-8,16H2,1H3,(H,22,23). The van der Waals surface area contributed by atoms with Gasteiger partial charge in [0.15, 0.2) is 17.0 Å². The molecule has 1 aliphatic carbocycles. The van der Waals surface area contributed by atoms with Crippen molar-refractivity contribution in [1.29, 1.82) is 0 Å². The predicted octanol–water partition coefficient (Wildman–Crippen LogP) is 0.132. The maximum atomic E-state index is 11.8. The molecule has 0 bridgehead atoms. The van der Waals surface area contributed by atoms with Gasteiger partial charge >= 0.3 is 5.97 Å². The van der Waals surface area contributed by atoms with Crippen molar-refractivity contribution in [3.63, 3.8) is 0 Å². The van der Waals surface area contributed by atoms with Crippen molar-refractivity contribution in [1.82, 2.24) is 19.6 Å². The number of aliphatic hydroxyl groups is 1. The fourth-order valence-electron chi connectivity index (χ4n) is 3.02. The molecule has 1 aromatic heterocycles. The van der Waals surface area contributed by atoms with Crippen molar-refractivity contribution in [2.24, 2.45) is 11.7 Å². The van der Waals surface area contributed by atoms with Gasteiger partial charge < -0.3 is 20.5 Å². The summed E-state index contributed by atoms with van der Waals surface area (Å²) in [5.41, 5.74) is 6.16. The van der Waals surface area contributed by atoms with Crippen molar-refractivity contribution >= 4 is 17.1 Å². The number of hydrogen-bond acceptors (Lipinski definition) is 7. The molecule has 0 saturated heterocycles. The Labute approximate surface area is 154 Å². The Bertz CT molecular complexity index is 605. The molecule has 148 valence electrons. The van der Waals surface area contributed by atoms with E-state index in [2.05, 4.69) is 19.6 Å². The molecule has 1 aromatic rings. The van der Waals surface area contributed by atoms with E-state index in [-0.39, 0.29) is 18.5 Å². The second kappa shape index (κ2) is 10.1. The van der Waals surface area contributed by atoms with Gasteiger partial charge in [-0.3, -0.25) is 4.79 Å². The molecule has 0 spiro atoms. The number of nitrogens with two attached hydrogens (primary N) is 1. The number of nitrogens with one attached hydrogen (secondary N) is 2. The first-order valence-electron chi connectivity index (χ1n) is 8.77. The molecule has 1 saturated carbocycles. The van der Waals surface area contributed by atoms with Crippen molar-refractivity contribution < 1.29 is 23.7 Å². The van der Waals surface area contributed by atoms with Crippen LogP contribution in [-0.4, -0.2) is 42.7 Å². The van der Waals surface area contributed by atoms with Crippen LogP contribution in [0, 0.1) is 5.92 Å². The molecule has 0 aromatic carbocycles. The number of rotatable bonds is 10. The Morgan fingerprint density at radius 3 is 2.73 bits per heavy atom. The Kier molecular flexibility index (Phi) is 8.10. The molecule has 11 heteroatoms. The van der Waals surface area contributed by atoms with Crippen LogP contribution < -0.4 is 15.2 Å². The van der Waals surface area contributed by atoms with E-state index in [0.29, 0.717) is 11.7 Å². The lowest BCUT2D eigenvalue weighted by molar-refractivity contribution is -0.141. The van der Waals surface area contributed by atoms with Crippen LogP contribution in [0.25, 0.3) is 0 Å². The Hall–Kier alpha value is -1.40. The van der Waals surface area contributed by atoms with Crippen LogP contribution >= 0.6 is 0 Å². The van der Waals surface area contributed by atoms with E-state index in [1.54, 1.807) is 0 Å². The second-order valence-electron chi connectivity index (χ2n) is 6.66. The van der Waals surface area contributed by atoms with E-state index in [4.69, 9.17) is 15.4 Å². The van der Waals surface area contributed by atoms with Gasteiger partial charge in [-0.2, -0.15) is 4.98 Å². The first-order valence-corrected chi connectivity index (χ1v) is 9.92. The van der Waals surface area contributed by atoms with Crippen LogP contribution in [0.5, 0.6) is 0 Å². The summed E-state index contributed by atoms with van der Waals surface area (Å²) in [5, 5.41) is 22.2. The highest BCUT2D eigenvalue weighted by atomic mass is 32.2. The molecule has 6 N–H and O–H groups in total. The molecule has 0 radical (unpaired) electrons. The monoisotopic (exact) mass is 389 g/mol. The number of hydrogen-bond donors (Lipinski definition) is 5. The van der Waals surface area contributed by atoms with E-state index in [9.17, 15) is 14.1 Å². The van der Waals surface area contributed by atoms with Crippen molar-refractivity contribution in [3.05, 3.63) is 11.7 Å². The number of carbonyl (C=O) groups is 1. The van der Waals surface area contributed by atoms with Crippen LogP contribution in [0.3, 0.4) is 0 Å². The molecular weight excluding hydrogens is 362 g/mol. The number of carboxylic acids is 1. The number of aromatic nitrogens is 2. The van der Waals surface area contributed by atoms with Gasteiger partial charge in [-0.15, -0.1) is 0 Å². The molecular formula is C15H27N5O5S. The third kappa shape index (κ3) is 6.40. The van der Waals surface area contributed by atoms with Gasteiger partial charge in [0.05, 0.1) is 18.7 Å². The highest BCUT2D eigenvalue weighted by Gasteiger charge is 2.25. The Morgan fingerprint density at radius 2 is 2.12 bits per heavy atom. The smallest absolute Gasteiger partial charge is 0.324 e. The molecule has 4 atom stereocenters. The summed E-state index contributed by atoms with van der Waals surface area (Å²) in [6, 6.07) is -1.66. The molecule has 1 aliphatic rings. The summed E-state index contributed by atoms with van der Waals surface area (Å²) < 4.78 is 21.7. The third-order valence-corrected chi connectivity index (χ3v) is 5.34. The molecule has 26 heavy (non-hydrogen) atoms. The molecule has 0 amide bonds. The predicted molar refractivity (Wildman–Crippen MR) is 93.6 cm³/mol. The molecule has 1 heterocycles. The molecule has 4 unspecified atom stereocenters. The number of nitrogens with zero attached hydrogens (tertiary/aromatic N) is 2. The zero-order chi connectivity index (χ0) is 19.1. The van der Waals surface area contributed by atoms with Gasteiger partial charge in [-0.05, 0) is 19.3 Å². The average Bonchev–Trinajstić information content (AvgIpc) is 3.07. The quantitative estimate of drug-likeness (QED) is 0.377. The summed E-state index contributed by atoms with van der Waals surface area (Å²) in [5.74, 6) is -0.0930.